The summed E-state index contributed by atoms with van der Waals surface area (Å²) in [6.07, 6.45) is 0.804. The Hall–Kier alpha value is -2.08. The first-order valence-corrected chi connectivity index (χ1v) is 6.59. The first-order chi connectivity index (χ1) is 9.50. The van der Waals surface area contributed by atoms with Crippen LogP contribution >= 0.6 is 0 Å². The summed E-state index contributed by atoms with van der Waals surface area (Å²) in [4.78, 5) is 23.6. The van der Waals surface area contributed by atoms with Gasteiger partial charge in [0.1, 0.15) is 0 Å². The summed E-state index contributed by atoms with van der Waals surface area (Å²) in [6, 6.07) is 5.09. The average Bonchev–Trinajstić information content (AvgIpc) is 2.48. The van der Waals surface area contributed by atoms with E-state index in [0.29, 0.717) is 23.0 Å². The van der Waals surface area contributed by atoms with Crippen molar-refractivity contribution < 1.29 is 5.11 Å². The van der Waals surface area contributed by atoms with Gasteiger partial charge in [-0.15, -0.1) is 0 Å². The first kappa shape index (κ1) is 14.3. The van der Waals surface area contributed by atoms with E-state index in [4.69, 9.17) is 0 Å². The highest BCUT2D eigenvalue weighted by Gasteiger charge is 2.21. The molecule has 0 fully saturated rings. The van der Waals surface area contributed by atoms with E-state index in [9.17, 15) is 14.7 Å². The summed E-state index contributed by atoms with van der Waals surface area (Å²) < 4.78 is 0. The maximum absolute atomic E-state index is 11.9. The summed E-state index contributed by atoms with van der Waals surface area (Å²) in [6.45, 7) is 4.53. The lowest BCUT2D eigenvalue weighted by Gasteiger charge is -2.26. The zero-order chi connectivity index (χ0) is 14.8. The Morgan fingerprint density at radius 1 is 1.25 bits per heavy atom. The molecule has 2 rings (SSSR count). The lowest BCUT2D eigenvalue weighted by Crippen LogP contribution is -2.30. The van der Waals surface area contributed by atoms with Crippen molar-refractivity contribution in [3.8, 4) is 0 Å². The van der Waals surface area contributed by atoms with Crippen LogP contribution in [0.5, 0.6) is 0 Å². The predicted octanol–water partition coefficient (Wildman–Crippen LogP) is 1.04. The van der Waals surface area contributed by atoms with E-state index in [1.54, 1.807) is 18.2 Å². The van der Waals surface area contributed by atoms with Crippen molar-refractivity contribution in [2.75, 3.05) is 18.5 Å². The van der Waals surface area contributed by atoms with E-state index in [1.807, 2.05) is 13.8 Å². The standard InChI is InChI=1S/C14H19N3O3/c1-3-14(2,8-18)7-15-10-6-4-5-9-11(10)13(20)17-16-12(9)19/h4-6,15,18H,3,7-8H2,1-2H3,(H,16,19)(H,17,20). The Morgan fingerprint density at radius 3 is 2.60 bits per heavy atom. The van der Waals surface area contributed by atoms with Crippen LogP contribution in [-0.2, 0) is 0 Å². The summed E-state index contributed by atoms with van der Waals surface area (Å²) in [7, 11) is 0. The van der Waals surface area contributed by atoms with Crippen molar-refractivity contribution in [2.24, 2.45) is 5.41 Å². The topological polar surface area (TPSA) is 98.0 Å². The third-order valence-electron chi connectivity index (χ3n) is 3.77. The van der Waals surface area contributed by atoms with Crippen molar-refractivity contribution in [3.05, 3.63) is 38.9 Å². The highest BCUT2D eigenvalue weighted by Crippen LogP contribution is 2.23. The molecular weight excluding hydrogens is 258 g/mol. The maximum atomic E-state index is 11.9. The molecule has 0 spiro atoms. The Labute approximate surface area is 115 Å². The molecule has 0 aliphatic carbocycles. The van der Waals surface area contributed by atoms with Gasteiger partial charge in [0, 0.05) is 17.6 Å². The van der Waals surface area contributed by atoms with Gasteiger partial charge in [-0.05, 0) is 18.6 Å². The smallest absolute Gasteiger partial charge is 0.272 e. The molecular formula is C14H19N3O3. The first-order valence-electron chi connectivity index (χ1n) is 6.59. The second-order valence-corrected chi connectivity index (χ2v) is 5.31. The minimum atomic E-state index is -0.343. The number of hydrogen-bond donors (Lipinski definition) is 4. The molecule has 1 aromatic carbocycles. The Morgan fingerprint density at radius 2 is 1.95 bits per heavy atom. The monoisotopic (exact) mass is 277 g/mol. The number of aromatic nitrogens is 2. The average molecular weight is 277 g/mol. The van der Waals surface area contributed by atoms with Gasteiger partial charge in [0.05, 0.1) is 17.4 Å². The maximum Gasteiger partial charge on any atom is 0.272 e. The van der Waals surface area contributed by atoms with E-state index in [1.165, 1.54) is 0 Å². The molecule has 6 nitrogen and oxygen atoms in total. The number of aromatic amines is 2. The summed E-state index contributed by atoms with van der Waals surface area (Å²) in [5, 5.41) is 17.9. The Kier molecular flexibility index (Phi) is 3.94. The van der Waals surface area contributed by atoms with Crippen LogP contribution in [0.1, 0.15) is 20.3 Å². The van der Waals surface area contributed by atoms with E-state index >= 15 is 0 Å². The minimum Gasteiger partial charge on any atom is -0.396 e. The molecule has 2 aromatic rings. The van der Waals surface area contributed by atoms with Crippen molar-refractivity contribution in [1.82, 2.24) is 10.2 Å². The molecule has 0 bridgehead atoms. The second kappa shape index (κ2) is 5.50. The molecule has 1 heterocycles. The second-order valence-electron chi connectivity index (χ2n) is 5.31. The van der Waals surface area contributed by atoms with Gasteiger partial charge in [0.2, 0.25) is 0 Å². The fourth-order valence-electron chi connectivity index (χ4n) is 1.98. The van der Waals surface area contributed by atoms with Crippen LogP contribution in [0.2, 0.25) is 0 Å². The number of fused-ring (bicyclic) bond motifs is 1. The van der Waals surface area contributed by atoms with Gasteiger partial charge >= 0.3 is 0 Å². The molecule has 1 aromatic heterocycles. The fraction of sp³-hybridized carbons (Fsp3) is 0.429. The third-order valence-corrected chi connectivity index (χ3v) is 3.77. The fourth-order valence-corrected chi connectivity index (χ4v) is 1.98. The van der Waals surface area contributed by atoms with E-state index < -0.39 is 0 Å². The molecule has 1 atom stereocenters. The number of benzene rings is 1. The van der Waals surface area contributed by atoms with Gasteiger partial charge in [-0.1, -0.05) is 19.9 Å². The SMILES string of the molecule is CCC(C)(CO)CNc1cccc2c(=O)[nH][nH]c(=O)c12. The number of H-pyrrole nitrogens is 2. The highest BCUT2D eigenvalue weighted by atomic mass is 16.3. The number of hydrogen-bond acceptors (Lipinski definition) is 4. The third kappa shape index (κ3) is 2.60. The Balaban J connectivity index is 2.44. The van der Waals surface area contributed by atoms with Crippen LogP contribution in [0.4, 0.5) is 5.69 Å². The normalized spacial score (nSPS) is 14.2. The molecule has 0 amide bonds. The van der Waals surface area contributed by atoms with Crippen LogP contribution in [0.15, 0.2) is 27.8 Å². The van der Waals surface area contributed by atoms with Gasteiger partial charge in [0.25, 0.3) is 11.1 Å². The highest BCUT2D eigenvalue weighted by molar-refractivity contribution is 5.92. The van der Waals surface area contributed by atoms with Crippen LogP contribution in [0.25, 0.3) is 10.8 Å². The zero-order valence-corrected chi connectivity index (χ0v) is 11.6. The molecule has 20 heavy (non-hydrogen) atoms. The number of anilines is 1. The quantitative estimate of drug-likeness (QED) is 0.656. The van der Waals surface area contributed by atoms with Crippen molar-refractivity contribution in [2.45, 2.75) is 20.3 Å². The molecule has 0 saturated carbocycles. The summed E-state index contributed by atoms with van der Waals surface area (Å²) in [5.41, 5.74) is -0.340. The largest absolute Gasteiger partial charge is 0.396 e. The van der Waals surface area contributed by atoms with Crippen molar-refractivity contribution in [3.63, 3.8) is 0 Å². The van der Waals surface area contributed by atoms with Gasteiger partial charge in [-0.25, -0.2) is 0 Å². The molecule has 0 saturated heterocycles. The van der Waals surface area contributed by atoms with Crippen LogP contribution in [-0.4, -0.2) is 28.5 Å². The van der Waals surface area contributed by atoms with Crippen LogP contribution < -0.4 is 16.4 Å². The molecule has 0 aliphatic rings. The van der Waals surface area contributed by atoms with E-state index in [-0.39, 0.29) is 23.1 Å². The molecule has 4 N–H and O–H groups in total. The van der Waals surface area contributed by atoms with Gasteiger partial charge in [0.15, 0.2) is 0 Å². The zero-order valence-electron chi connectivity index (χ0n) is 11.6. The summed E-state index contributed by atoms with van der Waals surface area (Å²) in [5.74, 6) is 0. The van der Waals surface area contributed by atoms with E-state index in [0.717, 1.165) is 6.42 Å². The van der Waals surface area contributed by atoms with Crippen LogP contribution in [0.3, 0.4) is 0 Å². The van der Waals surface area contributed by atoms with Gasteiger partial charge in [-0.2, -0.15) is 0 Å². The van der Waals surface area contributed by atoms with Crippen molar-refractivity contribution in [1.29, 1.82) is 0 Å². The Bertz CT molecular complexity index is 713. The molecule has 6 heteroatoms. The predicted molar refractivity (Wildman–Crippen MR) is 79.2 cm³/mol. The van der Waals surface area contributed by atoms with Gasteiger partial charge < -0.3 is 10.4 Å². The van der Waals surface area contributed by atoms with Crippen molar-refractivity contribution >= 4 is 16.5 Å². The number of rotatable bonds is 5. The number of nitrogens with one attached hydrogen (secondary N) is 3. The van der Waals surface area contributed by atoms with Gasteiger partial charge in [-0.3, -0.25) is 19.8 Å². The number of aliphatic hydroxyl groups excluding tert-OH is 1. The number of aliphatic hydroxyl groups is 1. The molecule has 0 radical (unpaired) electrons. The molecule has 1 unspecified atom stereocenters. The van der Waals surface area contributed by atoms with E-state index in [2.05, 4.69) is 15.5 Å². The lowest BCUT2D eigenvalue weighted by molar-refractivity contribution is 0.149. The molecule has 0 aliphatic heterocycles. The summed E-state index contributed by atoms with van der Waals surface area (Å²) >= 11 is 0. The molecule has 108 valence electrons. The lowest BCUT2D eigenvalue weighted by atomic mass is 9.88. The minimum absolute atomic E-state index is 0.0538. The van der Waals surface area contributed by atoms with Crippen LogP contribution in [0, 0.1) is 5.41 Å².